The Balaban J connectivity index is 1.54. The molecule has 5 rings (SSSR count). The average molecular weight is 412 g/mol. The Hall–Kier alpha value is -3.74. The lowest BCUT2D eigenvalue weighted by molar-refractivity contribution is -0.116. The van der Waals surface area contributed by atoms with Crippen LogP contribution in [0, 0.1) is 13.8 Å². The van der Waals surface area contributed by atoms with Gasteiger partial charge < -0.3 is 10.6 Å². The van der Waals surface area contributed by atoms with Gasteiger partial charge in [-0.3, -0.25) is 4.79 Å². The van der Waals surface area contributed by atoms with Crippen molar-refractivity contribution < 1.29 is 4.79 Å². The molecule has 2 aromatic carbocycles. The molecular weight excluding hydrogens is 388 g/mol. The Kier molecular flexibility index (Phi) is 4.66. The van der Waals surface area contributed by atoms with E-state index in [2.05, 4.69) is 64.9 Å². The molecule has 1 aliphatic rings. The number of anilines is 2. The predicted octanol–water partition coefficient (Wildman–Crippen LogP) is 4.63. The lowest BCUT2D eigenvalue weighted by atomic mass is 10.0. The minimum Gasteiger partial charge on any atom is -0.363 e. The number of aryl methyl sites for hydroxylation is 3. The molecule has 0 bridgehead atoms. The van der Waals surface area contributed by atoms with E-state index in [0.29, 0.717) is 13.0 Å². The van der Waals surface area contributed by atoms with Crippen molar-refractivity contribution in [2.24, 2.45) is 0 Å². The molecule has 7 heteroatoms. The van der Waals surface area contributed by atoms with E-state index in [0.717, 1.165) is 39.6 Å². The van der Waals surface area contributed by atoms with Crippen molar-refractivity contribution in [1.29, 1.82) is 0 Å². The Bertz CT molecular complexity index is 1310. The third-order valence-electron chi connectivity index (χ3n) is 5.60. The molecule has 0 fully saturated rings. The van der Waals surface area contributed by atoms with Crippen LogP contribution in [-0.4, -0.2) is 25.7 Å². The Labute approximate surface area is 180 Å². The summed E-state index contributed by atoms with van der Waals surface area (Å²) in [5.74, 6) is 2.28. The van der Waals surface area contributed by atoms with Gasteiger partial charge in [0.1, 0.15) is 17.5 Å². The fraction of sp³-hybridized carbons (Fsp3) is 0.250. The molecule has 31 heavy (non-hydrogen) atoms. The average Bonchev–Trinajstić information content (AvgIpc) is 3.16. The van der Waals surface area contributed by atoms with Crippen molar-refractivity contribution >= 4 is 28.4 Å². The van der Waals surface area contributed by atoms with Crippen LogP contribution in [0.5, 0.6) is 0 Å². The normalized spacial score (nSPS) is 14.2. The second-order valence-electron chi connectivity index (χ2n) is 8.07. The highest BCUT2D eigenvalue weighted by Crippen LogP contribution is 2.31. The van der Waals surface area contributed by atoms with Crippen molar-refractivity contribution in [3.8, 4) is 11.3 Å². The minimum atomic E-state index is 0.0259. The van der Waals surface area contributed by atoms with Gasteiger partial charge in [0.05, 0.1) is 17.8 Å². The summed E-state index contributed by atoms with van der Waals surface area (Å²) in [5, 5.41) is 12.1. The van der Waals surface area contributed by atoms with Gasteiger partial charge >= 0.3 is 0 Å². The van der Waals surface area contributed by atoms with Crippen LogP contribution in [0.3, 0.4) is 0 Å². The minimum absolute atomic E-state index is 0.0259. The van der Waals surface area contributed by atoms with Gasteiger partial charge in [-0.1, -0.05) is 35.9 Å². The Morgan fingerprint density at radius 3 is 2.81 bits per heavy atom. The first-order valence-electron chi connectivity index (χ1n) is 10.5. The summed E-state index contributed by atoms with van der Waals surface area (Å²) in [6, 6.07) is 16.6. The highest BCUT2D eigenvalue weighted by Gasteiger charge is 2.18. The van der Waals surface area contributed by atoms with E-state index in [9.17, 15) is 4.79 Å². The van der Waals surface area contributed by atoms with Gasteiger partial charge in [0.15, 0.2) is 0 Å². The molecule has 0 saturated heterocycles. The van der Waals surface area contributed by atoms with Crippen LogP contribution in [0.4, 0.5) is 11.6 Å². The number of carbonyl (C=O) groups excluding carboxylic acids is 1. The van der Waals surface area contributed by atoms with Crippen LogP contribution in [0.2, 0.25) is 0 Å². The van der Waals surface area contributed by atoms with E-state index in [-0.39, 0.29) is 11.9 Å². The zero-order valence-corrected chi connectivity index (χ0v) is 17.8. The summed E-state index contributed by atoms with van der Waals surface area (Å²) in [6.07, 6.45) is 0.448. The molecule has 3 heterocycles. The molecule has 1 atom stereocenters. The predicted molar refractivity (Wildman–Crippen MR) is 122 cm³/mol. The van der Waals surface area contributed by atoms with Crippen LogP contribution >= 0.6 is 0 Å². The third-order valence-corrected chi connectivity index (χ3v) is 5.60. The maximum Gasteiger partial charge on any atom is 0.227 e. The maximum atomic E-state index is 11.7. The SMILES string of the molecule is Cc1cccc([C@@H](C)Nc2nc(C)nc3ccc(-c4cc5n(n4)CCC(=O)N5)cc23)c1. The van der Waals surface area contributed by atoms with Crippen molar-refractivity contribution in [1.82, 2.24) is 19.7 Å². The van der Waals surface area contributed by atoms with Gasteiger partial charge in [0.2, 0.25) is 5.91 Å². The molecule has 2 N–H and O–H groups in total. The van der Waals surface area contributed by atoms with Crippen LogP contribution in [-0.2, 0) is 11.3 Å². The number of nitrogens with one attached hydrogen (secondary N) is 2. The molecule has 2 aromatic heterocycles. The Morgan fingerprint density at radius 2 is 1.97 bits per heavy atom. The van der Waals surface area contributed by atoms with Crippen LogP contribution < -0.4 is 10.6 Å². The summed E-state index contributed by atoms with van der Waals surface area (Å²) in [6.45, 7) is 6.73. The number of fused-ring (bicyclic) bond motifs is 2. The first-order valence-corrected chi connectivity index (χ1v) is 10.5. The molecule has 1 amide bonds. The summed E-state index contributed by atoms with van der Waals surface area (Å²) in [5.41, 5.74) is 5.10. The quantitative estimate of drug-likeness (QED) is 0.511. The van der Waals surface area contributed by atoms with E-state index >= 15 is 0 Å². The van der Waals surface area contributed by atoms with E-state index in [1.54, 1.807) is 0 Å². The molecule has 7 nitrogen and oxygen atoms in total. The second kappa shape index (κ2) is 7.50. The number of amides is 1. The van der Waals surface area contributed by atoms with Crippen molar-refractivity contribution in [3.63, 3.8) is 0 Å². The summed E-state index contributed by atoms with van der Waals surface area (Å²) < 4.78 is 1.84. The van der Waals surface area contributed by atoms with E-state index in [1.165, 1.54) is 11.1 Å². The van der Waals surface area contributed by atoms with Gasteiger partial charge in [-0.2, -0.15) is 5.10 Å². The van der Waals surface area contributed by atoms with Crippen molar-refractivity contribution in [2.75, 3.05) is 10.6 Å². The molecular formula is C24H24N6O. The van der Waals surface area contributed by atoms with Crippen LogP contribution in [0.1, 0.15) is 36.3 Å². The topological polar surface area (TPSA) is 84.7 Å². The number of carbonyl (C=O) groups is 1. The molecule has 0 saturated carbocycles. The molecule has 0 radical (unpaired) electrons. The number of nitrogens with zero attached hydrogens (tertiary/aromatic N) is 4. The largest absolute Gasteiger partial charge is 0.363 e. The van der Waals surface area contributed by atoms with Crippen molar-refractivity contribution in [2.45, 2.75) is 39.8 Å². The third kappa shape index (κ3) is 3.74. The lowest BCUT2D eigenvalue weighted by Crippen LogP contribution is -2.23. The first kappa shape index (κ1) is 19.2. The number of rotatable bonds is 4. The summed E-state index contributed by atoms with van der Waals surface area (Å²) in [4.78, 5) is 21.0. The number of hydrogen-bond acceptors (Lipinski definition) is 5. The highest BCUT2D eigenvalue weighted by molar-refractivity contribution is 5.94. The van der Waals surface area contributed by atoms with E-state index in [1.807, 2.05) is 29.8 Å². The fourth-order valence-corrected chi connectivity index (χ4v) is 3.98. The van der Waals surface area contributed by atoms with Gasteiger partial charge in [0, 0.05) is 29.5 Å². The molecule has 1 aliphatic heterocycles. The smallest absolute Gasteiger partial charge is 0.227 e. The van der Waals surface area contributed by atoms with Crippen LogP contribution in [0.25, 0.3) is 22.2 Å². The maximum absolute atomic E-state index is 11.7. The summed E-state index contributed by atoms with van der Waals surface area (Å²) >= 11 is 0. The lowest BCUT2D eigenvalue weighted by Gasteiger charge is -2.17. The zero-order chi connectivity index (χ0) is 21.5. The molecule has 156 valence electrons. The van der Waals surface area contributed by atoms with E-state index in [4.69, 9.17) is 4.98 Å². The van der Waals surface area contributed by atoms with Gasteiger partial charge in [-0.05, 0) is 38.5 Å². The zero-order valence-electron chi connectivity index (χ0n) is 17.8. The van der Waals surface area contributed by atoms with Gasteiger partial charge in [-0.15, -0.1) is 0 Å². The van der Waals surface area contributed by atoms with Gasteiger partial charge in [-0.25, -0.2) is 14.6 Å². The molecule has 4 aromatic rings. The summed E-state index contributed by atoms with van der Waals surface area (Å²) in [7, 11) is 0. The van der Waals surface area contributed by atoms with Crippen LogP contribution in [0.15, 0.2) is 48.5 Å². The van der Waals surface area contributed by atoms with E-state index < -0.39 is 0 Å². The molecule has 0 unspecified atom stereocenters. The Morgan fingerprint density at radius 1 is 1.10 bits per heavy atom. The highest BCUT2D eigenvalue weighted by atomic mass is 16.1. The second-order valence-corrected chi connectivity index (χ2v) is 8.07. The monoisotopic (exact) mass is 412 g/mol. The fourth-order valence-electron chi connectivity index (χ4n) is 3.98. The number of hydrogen-bond donors (Lipinski definition) is 2. The molecule has 0 spiro atoms. The first-order chi connectivity index (χ1) is 15.0. The van der Waals surface area contributed by atoms with Gasteiger partial charge in [0.25, 0.3) is 0 Å². The molecule has 0 aliphatic carbocycles. The van der Waals surface area contributed by atoms with Crippen molar-refractivity contribution in [3.05, 3.63) is 65.5 Å². The number of benzene rings is 2. The number of aromatic nitrogens is 4. The standard InChI is InChI=1S/C24H24N6O/c1-14-5-4-6-17(11-14)15(2)25-24-19-12-18(7-8-20(19)26-16(3)27-24)21-13-22-28-23(31)9-10-30(22)29-21/h4-8,11-13,15H,9-10H2,1-3H3,(H,28,31)(H,25,26,27)/t15-/m1/s1.